The molecule has 0 saturated heterocycles. The van der Waals surface area contributed by atoms with E-state index >= 15 is 0 Å². The van der Waals surface area contributed by atoms with Crippen molar-refractivity contribution in [1.29, 1.82) is 5.26 Å². The van der Waals surface area contributed by atoms with Crippen molar-refractivity contribution in [2.45, 2.75) is 51.1 Å². The van der Waals surface area contributed by atoms with Gasteiger partial charge in [-0.15, -0.1) is 0 Å². The fourth-order valence-corrected chi connectivity index (χ4v) is 3.89. The van der Waals surface area contributed by atoms with Crippen LogP contribution in [0.3, 0.4) is 0 Å². The fraction of sp³-hybridized carbons (Fsp3) is 0.474. The molecule has 1 aliphatic carbocycles. The van der Waals surface area contributed by atoms with E-state index in [0.717, 1.165) is 17.8 Å². The first kappa shape index (κ1) is 18.3. The van der Waals surface area contributed by atoms with Crippen LogP contribution in [0.4, 0.5) is 0 Å². The van der Waals surface area contributed by atoms with Gasteiger partial charge in [-0.1, -0.05) is 42.5 Å². The van der Waals surface area contributed by atoms with Gasteiger partial charge in [0.1, 0.15) is 6.26 Å². The molecular weight excluding hydrogens is 357 g/mol. The maximum Gasteiger partial charge on any atom is 0.227 e. The number of nitriles is 1. The van der Waals surface area contributed by atoms with Crippen molar-refractivity contribution in [3.05, 3.63) is 40.2 Å². The third kappa shape index (κ3) is 4.76. The minimum Gasteiger partial charge on any atom is -0.444 e. The lowest BCUT2D eigenvalue weighted by atomic mass is 9.94. The molecule has 1 fully saturated rings. The molecule has 0 aliphatic heterocycles. The molecule has 0 N–H and O–H groups in total. The molecule has 25 heavy (non-hydrogen) atoms. The second kappa shape index (κ2) is 8.71. The summed E-state index contributed by atoms with van der Waals surface area (Å²) in [6.07, 6.45) is 8.44. The van der Waals surface area contributed by atoms with Crippen molar-refractivity contribution in [1.82, 2.24) is 9.88 Å². The highest BCUT2D eigenvalue weighted by Crippen LogP contribution is 2.30. The van der Waals surface area contributed by atoms with Gasteiger partial charge in [-0.25, -0.2) is 4.98 Å². The van der Waals surface area contributed by atoms with E-state index in [9.17, 15) is 0 Å². The van der Waals surface area contributed by atoms with Crippen LogP contribution < -0.4 is 0 Å². The molecule has 0 bridgehead atoms. The van der Waals surface area contributed by atoms with Crippen LogP contribution in [0.15, 0.2) is 28.9 Å². The summed E-state index contributed by atoms with van der Waals surface area (Å²) in [4.78, 5) is 6.96. The van der Waals surface area contributed by atoms with Gasteiger partial charge in [0.05, 0.1) is 22.3 Å². The minimum absolute atomic E-state index is 0.501. The molecule has 0 amide bonds. The Balaban J connectivity index is 1.74. The number of hydrogen-bond acceptors (Lipinski definition) is 4. The molecule has 0 atom stereocenters. The van der Waals surface area contributed by atoms with Crippen LogP contribution in [0.5, 0.6) is 0 Å². The van der Waals surface area contributed by atoms with Crippen molar-refractivity contribution in [2.75, 3.05) is 6.54 Å². The molecule has 1 saturated carbocycles. The third-order valence-corrected chi connectivity index (χ3v) is 5.23. The van der Waals surface area contributed by atoms with E-state index in [1.807, 2.05) is 6.07 Å². The van der Waals surface area contributed by atoms with E-state index in [4.69, 9.17) is 32.9 Å². The van der Waals surface area contributed by atoms with Gasteiger partial charge in [-0.3, -0.25) is 4.90 Å². The molecule has 2 aromatic rings. The smallest absolute Gasteiger partial charge is 0.227 e. The summed E-state index contributed by atoms with van der Waals surface area (Å²) in [6.45, 7) is 1.46. The summed E-state index contributed by atoms with van der Waals surface area (Å²) < 4.78 is 5.63. The molecule has 1 aliphatic rings. The number of hydrogen-bond donors (Lipinski definition) is 0. The normalized spacial score (nSPS) is 15.4. The number of halogens is 2. The number of nitrogens with zero attached hydrogens (tertiary/aromatic N) is 3. The van der Waals surface area contributed by atoms with Gasteiger partial charge >= 0.3 is 0 Å². The van der Waals surface area contributed by atoms with E-state index in [1.165, 1.54) is 32.1 Å². The number of aromatic nitrogens is 1. The molecule has 132 valence electrons. The molecule has 1 aromatic carbocycles. The number of benzene rings is 1. The van der Waals surface area contributed by atoms with Crippen LogP contribution >= 0.6 is 23.2 Å². The molecule has 0 radical (unpaired) electrons. The van der Waals surface area contributed by atoms with Crippen LogP contribution in [-0.4, -0.2) is 22.5 Å². The van der Waals surface area contributed by atoms with Crippen LogP contribution in [0.25, 0.3) is 11.5 Å². The van der Waals surface area contributed by atoms with Gasteiger partial charge < -0.3 is 4.42 Å². The van der Waals surface area contributed by atoms with Crippen molar-refractivity contribution >= 4 is 23.2 Å². The highest BCUT2D eigenvalue weighted by atomic mass is 35.5. The van der Waals surface area contributed by atoms with E-state index in [0.29, 0.717) is 34.9 Å². The Labute approximate surface area is 158 Å². The number of rotatable bonds is 6. The van der Waals surface area contributed by atoms with Crippen LogP contribution in [0.1, 0.15) is 44.2 Å². The first-order valence-corrected chi connectivity index (χ1v) is 9.44. The predicted octanol–water partition coefficient (Wildman–Crippen LogP) is 5.70. The monoisotopic (exact) mass is 377 g/mol. The Morgan fingerprint density at radius 1 is 1.24 bits per heavy atom. The van der Waals surface area contributed by atoms with E-state index in [1.54, 1.807) is 18.4 Å². The minimum atomic E-state index is 0.501. The summed E-state index contributed by atoms with van der Waals surface area (Å²) in [5, 5.41) is 10.1. The second-order valence-corrected chi connectivity index (χ2v) is 7.28. The molecule has 0 unspecified atom stereocenters. The van der Waals surface area contributed by atoms with Crippen LogP contribution in [-0.2, 0) is 6.54 Å². The predicted molar refractivity (Wildman–Crippen MR) is 99.5 cm³/mol. The zero-order valence-electron chi connectivity index (χ0n) is 14.0. The Hall–Kier alpha value is -1.54. The van der Waals surface area contributed by atoms with Gasteiger partial charge in [0.25, 0.3) is 0 Å². The van der Waals surface area contributed by atoms with Crippen molar-refractivity contribution in [2.24, 2.45) is 0 Å². The van der Waals surface area contributed by atoms with Gasteiger partial charge in [-0.2, -0.15) is 5.26 Å². The van der Waals surface area contributed by atoms with Gasteiger partial charge in [0.2, 0.25) is 5.89 Å². The molecular formula is C19H21Cl2N3O. The molecule has 4 nitrogen and oxygen atoms in total. The quantitative estimate of drug-likeness (QED) is 0.647. The van der Waals surface area contributed by atoms with Crippen molar-refractivity contribution in [3.8, 4) is 17.5 Å². The van der Waals surface area contributed by atoms with Gasteiger partial charge in [0.15, 0.2) is 0 Å². The van der Waals surface area contributed by atoms with Crippen LogP contribution in [0.2, 0.25) is 10.0 Å². The summed E-state index contributed by atoms with van der Waals surface area (Å²) in [5.41, 5.74) is 1.60. The first-order valence-electron chi connectivity index (χ1n) is 8.68. The molecule has 3 rings (SSSR count). The Morgan fingerprint density at radius 2 is 2.04 bits per heavy atom. The van der Waals surface area contributed by atoms with Crippen LogP contribution in [0, 0.1) is 11.3 Å². The van der Waals surface area contributed by atoms with Gasteiger partial charge in [-0.05, 0) is 31.0 Å². The summed E-state index contributed by atoms with van der Waals surface area (Å²) in [6, 6.07) is 8.05. The zero-order valence-corrected chi connectivity index (χ0v) is 15.6. The zero-order chi connectivity index (χ0) is 17.6. The standard InChI is InChI=1S/C19H21Cl2N3O/c20-14-7-8-17(18(21)11-14)19-23-15(13-25-19)12-24(10-4-9-22)16-5-2-1-3-6-16/h7-8,11,13,16H,1-6,10,12H2. The molecule has 1 aromatic heterocycles. The van der Waals surface area contributed by atoms with E-state index in [-0.39, 0.29) is 0 Å². The molecule has 6 heteroatoms. The maximum absolute atomic E-state index is 8.95. The lowest BCUT2D eigenvalue weighted by Crippen LogP contribution is -2.37. The fourth-order valence-electron chi connectivity index (χ4n) is 3.40. The Kier molecular flexibility index (Phi) is 6.36. The Bertz CT molecular complexity index is 747. The van der Waals surface area contributed by atoms with Gasteiger partial charge in [0, 0.05) is 30.6 Å². The summed E-state index contributed by atoms with van der Waals surface area (Å²) in [7, 11) is 0. The second-order valence-electron chi connectivity index (χ2n) is 6.44. The van der Waals surface area contributed by atoms with E-state index in [2.05, 4.69) is 16.0 Å². The maximum atomic E-state index is 8.95. The highest BCUT2D eigenvalue weighted by molar-refractivity contribution is 6.36. The van der Waals surface area contributed by atoms with Crippen molar-refractivity contribution < 1.29 is 4.42 Å². The SMILES string of the molecule is N#CCCN(Cc1coc(-c2ccc(Cl)cc2Cl)n1)C1CCCCC1. The van der Waals surface area contributed by atoms with Crippen molar-refractivity contribution in [3.63, 3.8) is 0 Å². The average Bonchev–Trinajstić information content (AvgIpc) is 3.07. The highest BCUT2D eigenvalue weighted by Gasteiger charge is 2.22. The topological polar surface area (TPSA) is 53.1 Å². The Morgan fingerprint density at radius 3 is 2.76 bits per heavy atom. The van der Waals surface area contributed by atoms with E-state index < -0.39 is 0 Å². The lowest BCUT2D eigenvalue weighted by molar-refractivity contribution is 0.149. The largest absolute Gasteiger partial charge is 0.444 e. The summed E-state index contributed by atoms with van der Waals surface area (Å²) >= 11 is 12.2. The third-order valence-electron chi connectivity index (χ3n) is 4.68. The molecule has 0 spiro atoms. The average molecular weight is 378 g/mol. The first-order chi connectivity index (χ1) is 12.2. The number of oxazole rings is 1. The lowest BCUT2D eigenvalue weighted by Gasteiger charge is -2.33. The molecule has 1 heterocycles. The summed E-state index contributed by atoms with van der Waals surface area (Å²) in [5.74, 6) is 0.501.